The lowest BCUT2D eigenvalue weighted by Crippen LogP contribution is -2.00. The second-order valence-electron chi connectivity index (χ2n) is 2.91. The lowest BCUT2D eigenvalue weighted by atomic mass is 10.3. The second kappa shape index (κ2) is 5.75. The molecule has 0 aliphatic rings. The van der Waals surface area contributed by atoms with Gasteiger partial charge in [-0.15, -0.1) is 0 Å². The molecular weight excluding hydrogens is 190 g/mol. The first-order valence-corrected chi connectivity index (χ1v) is 4.65. The molecule has 0 aliphatic heterocycles. The summed E-state index contributed by atoms with van der Waals surface area (Å²) in [6.45, 7) is 8.02. The zero-order valence-corrected chi connectivity index (χ0v) is 8.61. The molecule has 3 nitrogen and oxygen atoms in total. The normalized spacial score (nSPS) is 9.33. The van der Waals surface area contributed by atoms with E-state index in [4.69, 9.17) is 15.2 Å². The van der Waals surface area contributed by atoms with Gasteiger partial charge in [0.2, 0.25) is 0 Å². The van der Waals surface area contributed by atoms with Gasteiger partial charge < -0.3 is 15.2 Å². The predicted molar refractivity (Wildman–Crippen MR) is 62.2 cm³/mol. The Morgan fingerprint density at radius 3 is 2.27 bits per heavy atom. The molecular formula is C12H15NO2. The molecule has 0 amide bonds. The Morgan fingerprint density at radius 2 is 1.67 bits per heavy atom. The summed E-state index contributed by atoms with van der Waals surface area (Å²) in [6, 6.07) is 5.26. The van der Waals surface area contributed by atoms with Crippen molar-refractivity contribution in [2.45, 2.75) is 0 Å². The Morgan fingerprint density at radius 1 is 1.07 bits per heavy atom. The first-order valence-electron chi connectivity index (χ1n) is 4.65. The van der Waals surface area contributed by atoms with E-state index in [0.29, 0.717) is 30.4 Å². The van der Waals surface area contributed by atoms with Crippen LogP contribution in [0.1, 0.15) is 0 Å². The fourth-order valence-corrected chi connectivity index (χ4v) is 1.05. The third-order valence-corrected chi connectivity index (χ3v) is 1.68. The zero-order valence-electron chi connectivity index (χ0n) is 8.61. The van der Waals surface area contributed by atoms with Gasteiger partial charge in [-0.25, -0.2) is 0 Å². The van der Waals surface area contributed by atoms with E-state index in [1.807, 2.05) is 0 Å². The molecule has 0 aromatic heterocycles. The molecule has 0 bridgehead atoms. The summed E-state index contributed by atoms with van der Waals surface area (Å²) < 4.78 is 10.8. The van der Waals surface area contributed by atoms with Crippen molar-refractivity contribution >= 4 is 5.69 Å². The fourth-order valence-electron chi connectivity index (χ4n) is 1.05. The van der Waals surface area contributed by atoms with Crippen molar-refractivity contribution in [3.05, 3.63) is 43.5 Å². The summed E-state index contributed by atoms with van der Waals surface area (Å²) >= 11 is 0. The molecule has 0 aliphatic carbocycles. The van der Waals surface area contributed by atoms with Gasteiger partial charge in [0, 0.05) is 11.8 Å². The molecule has 0 atom stereocenters. The van der Waals surface area contributed by atoms with Crippen LogP contribution in [0.3, 0.4) is 0 Å². The number of nitrogen functional groups attached to an aromatic ring is 1. The highest BCUT2D eigenvalue weighted by molar-refractivity contribution is 5.52. The largest absolute Gasteiger partial charge is 0.486 e. The van der Waals surface area contributed by atoms with Crippen molar-refractivity contribution < 1.29 is 9.47 Å². The summed E-state index contributed by atoms with van der Waals surface area (Å²) in [7, 11) is 0. The highest BCUT2D eigenvalue weighted by Gasteiger charge is 2.04. The molecule has 0 heterocycles. The Bertz CT molecular complexity index is 347. The SMILES string of the molecule is C=CCOc1ccc(N)cc1OCC=C. The van der Waals surface area contributed by atoms with E-state index in [1.165, 1.54) is 0 Å². The van der Waals surface area contributed by atoms with Gasteiger partial charge >= 0.3 is 0 Å². The smallest absolute Gasteiger partial charge is 0.163 e. The summed E-state index contributed by atoms with van der Waals surface area (Å²) in [5, 5.41) is 0. The average molecular weight is 205 g/mol. The Hall–Kier alpha value is -1.90. The topological polar surface area (TPSA) is 44.5 Å². The van der Waals surface area contributed by atoms with Crippen LogP contribution in [0.25, 0.3) is 0 Å². The van der Waals surface area contributed by atoms with Gasteiger partial charge in [-0.2, -0.15) is 0 Å². The van der Waals surface area contributed by atoms with Gasteiger partial charge in [0.1, 0.15) is 13.2 Å². The van der Waals surface area contributed by atoms with Crippen LogP contribution in [-0.4, -0.2) is 13.2 Å². The number of rotatable bonds is 6. The quantitative estimate of drug-likeness (QED) is 0.573. The van der Waals surface area contributed by atoms with Crippen molar-refractivity contribution in [3.63, 3.8) is 0 Å². The van der Waals surface area contributed by atoms with Crippen molar-refractivity contribution in [2.75, 3.05) is 18.9 Å². The summed E-state index contributed by atoms with van der Waals surface area (Å²) in [5.41, 5.74) is 6.29. The highest BCUT2D eigenvalue weighted by atomic mass is 16.5. The molecule has 2 N–H and O–H groups in total. The van der Waals surface area contributed by atoms with Crippen molar-refractivity contribution in [1.82, 2.24) is 0 Å². The Balaban J connectivity index is 2.81. The monoisotopic (exact) mass is 205 g/mol. The fraction of sp³-hybridized carbons (Fsp3) is 0.167. The van der Waals surface area contributed by atoms with Crippen LogP contribution in [-0.2, 0) is 0 Å². The molecule has 1 aromatic rings. The molecule has 80 valence electrons. The minimum Gasteiger partial charge on any atom is -0.486 e. The number of nitrogens with two attached hydrogens (primary N) is 1. The van der Waals surface area contributed by atoms with Crippen molar-refractivity contribution in [1.29, 1.82) is 0 Å². The maximum Gasteiger partial charge on any atom is 0.163 e. The van der Waals surface area contributed by atoms with E-state index >= 15 is 0 Å². The van der Waals surface area contributed by atoms with Gasteiger partial charge in [0.05, 0.1) is 0 Å². The van der Waals surface area contributed by atoms with Gasteiger partial charge in [0.15, 0.2) is 11.5 Å². The van der Waals surface area contributed by atoms with Crippen molar-refractivity contribution in [3.8, 4) is 11.5 Å². The molecule has 0 unspecified atom stereocenters. The molecule has 0 spiro atoms. The van der Waals surface area contributed by atoms with Crippen LogP contribution in [0.5, 0.6) is 11.5 Å². The third kappa shape index (κ3) is 3.38. The Labute approximate surface area is 89.8 Å². The molecule has 1 aromatic carbocycles. The number of benzene rings is 1. The average Bonchev–Trinajstić information content (AvgIpc) is 2.25. The molecule has 0 fully saturated rings. The molecule has 15 heavy (non-hydrogen) atoms. The summed E-state index contributed by atoms with van der Waals surface area (Å²) in [5.74, 6) is 1.28. The van der Waals surface area contributed by atoms with Crippen LogP contribution >= 0.6 is 0 Å². The van der Waals surface area contributed by atoms with Crippen LogP contribution in [0, 0.1) is 0 Å². The van der Waals surface area contributed by atoms with E-state index in [9.17, 15) is 0 Å². The minimum atomic E-state index is 0.425. The summed E-state index contributed by atoms with van der Waals surface area (Å²) in [4.78, 5) is 0. The first-order chi connectivity index (χ1) is 7.27. The van der Waals surface area contributed by atoms with E-state index < -0.39 is 0 Å². The van der Waals surface area contributed by atoms with Crippen LogP contribution in [0.2, 0.25) is 0 Å². The standard InChI is InChI=1S/C12H15NO2/c1-3-7-14-11-6-5-10(13)9-12(11)15-8-4-2/h3-6,9H,1-2,7-8,13H2. The predicted octanol–water partition coefficient (Wildman–Crippen LogP) is 2.40. The zero-order chi connectivity index (χ0) is 11.1. The molecule has 0 radical (unpaired) electrons. The summed E-state index contributed by atoms with van der Waals surface area (Å²) in [6.07, 6.45) is 3.34. The third-order valence-electron chi connectivity index (χ3n) is 1.68. The van der Waals surface area contributed by atoms with Gasteiger partial charge in [0.25, 0.3) is 0 Å². The second-order valence-corrected chi connectivity index (χ2v) is 2.91. The molecule has 0 saturated carbocycles. The van der Waals surface area contributed by atoms with Crippen LogP contribution in [0.15, 0.2) is 43.5 Å². The number of hydrogen-bond acceptors (Lipinski definition) is 3. The van der Waals surface area contributed by atoms with E-state index in [0.717, 1.165) is 0 Å². The van der Waals surface area contributed by atoms with Gasteiger partial charge in [-0.3, -0.25) is 0 Å². The minimum absolute atomic E-state index is 0.425. The van der Waals surface area contributed by atoms with E-state index in [1.54, 1.807) is 30.4 Å². The van der Waals surface area contributed by atoms with Crippen LogP contribution < -0.4 is 15.2 Å². The van der Waals surface area contributed by atoms with Crippen LogP contribution in [0.4, 0.5) is 5.69 Å². The van der Waals surface area contributed by atoms with Crippen molar-refractivity contribution in [2.24, 2.45) is 0 Å². The molecule has 1 rings (SSSR count). The molecule has 0 saturated heterocycles. The number of hydrogen-bond donors (Lipinski definition) is 1. The Kier molecular flexibility index (Phi) is 4.29. The van der Waals surface area contributed by atoms with Gasteiger partial charge in [-0.05, 0) is 12.1 Å². The maximum atomic E-state index is 5.65. The van der Waals surface area contributed by atoms with Gasteiger partial charge in [-0.1, -0.05) is 25.3 Å². The molecule has 3 heteroatoms. The number of anilines is 1. The number of ether oxygens (including phenoxy) is 2. The highest BCUT2D eigenvalue weighted by Crippen LogP contribution is 2.29. The lowest BCUT2D eigenvalue weighted by Gasteiger charge is -2.11. The lowest BCUT2D eigenvalue weighted by molar-refractivity contribution is 0.308. The first kappa shape index (κ1) is 11.2. The van der Waals surface area contributed by atoms with E-state index in [-0.39, 0.29) is 0 Å². The van der Waals surface area contributed by atoms with E-state index in [2.05, 4.69) is 13.2 Å². The maximum absolute atomic E-state index is 5.65.